The van der Waals surface area contributed by atoms with E-state index in [2.05, 4.69) is 5.32 Å². The number of carbonyl (C=O) groups excluding carboxylic acids is 1. The molecule has 0 spiro atoms. The third-order valence-corrected chi connectivity index (χ3v) is 5.52. The van der Waals surface area contributed by atoms with Crippen molar-refractivity contribution in [3.8, 4) is 0 Å². The molecule has 0 radical (unpaired) electrons. The van der Waals surface area contributed by atoms with E-state index in [0.717, 1.165) is 11.3 Å². The molecule has 0 aliphatic carbocycles. The summed E-state index contributed by atoms with van der Waals surface area (Å²) in [7, 11) is 1.34. The highest BCUT2D eigenvalue weighted by Gasteiger charge is 2.19. The van der Waals surface area contributed by atoms with E-state index in [0.29, 0.717) is 42.8 Å². The molecule has 2 aromatic carbocycles. The molecule has 1 atom stereocenters. The first-order valence-electron chi connectivity index (χ1n) is 10.3. The molecule has 0 aliphatic heterocycles. The van der Waals surface area contributed by atoms with E-state index in [1.165, 1.54) is 7.11 Å². The fourth-order valence-corrected chi connectivity index (χ4v) is 3.36. The van der Waals surface area contributed by atoms with Crippen molar-refractivity contribution in [1.29, 1.82) is 0 Å². The number of nitrogens with zero attached hydrogens (tertiary/aromatic N) is 1. The van der Waals surface area contributed by atoms with Crippen LogP contribution in [0.3, 0.4) is 0 Å². The number of anilines is 1. The van der Waals surface area contributed by atoms with Crippen molar-refractivity contribution in [3.63, 3.8) is 0 Å². The molecule has 0 saturated carbocycles. The lowest BCUT2D eigenvalue weighted by molar-refractivity contribution is -0.143. The predicted molar refractivity (Wildman–Crippen MR) is 125 cm³/mol. The van der Waals surface area contributed by atoms with E-state index < -0.39 is 12.0 Å². The Hall–Kier alpha value is -2.32. The summed E-state index contributed by atoms with van der Waals surface area (Å²) in [5.74, 6) is -1.27. The highest BCUT2D eigenvalue weighted by Crippen LogP contribution is 2.27. The minimum Gasteiger partial charge on any atom is -0.481 e. The van der Waals surface area contributed by atoms with Crippen molar-refractivity contribution in [3.05, 3.63) is 64.1 Å². The lowest BCUT2D eigenvalue weighted by Gasteiger charge is -2.26. The van der Waals surface area contributed by atoms with Gasteiger partial charge in [0.15, 0.2) is 0 Å². The highest BCUT2D eigenvalue weighted by molar-refractivity contribution is 6.42. The Morgan fingerprint density at radius 3 is 2.50 bits per heavy atom. The van der Waals surface area contributed by atoms with E-state index >= 15 is 0 Å². The van der Waals surface area contributed by atoms with Gasteiger partial charge in [0.05, 0.1) is 30.2 Å². The number of rotatable bonds is 14. The number of hydrogen-bond acceptors (Lipinski definition) is 6. The summed E-state index contributed by atoms with van der Waals surface area (Å²) in [5, 5.41) is 13.1. The van der Waals surface area contributed by atoms with Crippen LogP contribution >= 0.6 is 23.2 Å². The second kappa shape index (κ2) is 14.0. The van der Waals surface area contributed by atoms with E-state index in [1.54, 1.807) is 18.2 Å². The van der Waals surface area contributed by atoms with Gasteiger partial charge in [-0.15, -0.1) is 0 Å². The van der Waals surface area contributed by atoms with Gasteiger partial charge in [-0.25, -0.2) is 0 Å². The average molecular weight is 483 g/mol. The maximum absolute atomic E-state index is 12.2. The number of hydrogen-bond donors (Lipinski definition) is 2. The topological polar surface area (TPSA) is 88.1 Å². The number of aliphatic carboxylic acids is 1. The molecule has 0 heterocycles. The molecule has 1 unspecified atom stereocenters. The zero-order chi connectivity index (χ0) is 23.3. The summed E-state index contributed by atoms with van der Waals surface area (Å²) in [5.41, 5.74) is 1.81. The van der Waals surface area contributed by atoms with Gasteiger partial charge in [0.25, 0.3) is 0 Å². The summed E-state index contributed by atoms with van der Waals surface area (Å²) < 4.78 is 10.6. The Labute approximate surface area is 198 Å². The van der Waals surface area contributed by atoms with Crippen LogP contribution in [0.15, 0.2) is 48.5 Å². The summed E-state index contributed by atoms with van der Waals surface area (Å²) in [4.78, 5) is 25.1. The minimum atomic E-state index is -0.897. The Kier molecular flexibility index (Phi) is 11.3. The molecular formula is C23H28Cl2N2O5. The Balaban J connectivity index is 1.89. The fourth-order valence-electron chi connectivity index (χ4n) is 3.07. The number of ether oxygens (including phenoxy) is 2. The van der Waals surface area contributed by atoms with Crippen LogP contribution in [0, 0.1) is 0 Å². The standard InChI is InChI=1S/C23H28Cl2N2O5/c1-31-23(30)21(10-14-32-16-17-5-3-2-4-6-17)26-11-13-27(12-9-22(28)29)18-7-8-19(24)20(25)15-18/h2-8,15,21,26H,9-14,16H2,1H3,(H,28,29). The molecule has 0 fully saturated rings. The lowest BCUT2D eigenvalue weighted by Crippen LogP contribution is -2.43. The molecule has 0 aliphatic rings. The average Bonchev–Trinajstić information content (AvgIpc) is 2.79. The van der Waals surface area contributed by atoms with E-state index in [1.807, 2.05) is 35.2 Å². The SMILES string of the molecule is COC(=O)C(CCOCc1ccccc1)NCCN(CCC(=O)O)c1ccc(Cl)c(Cl)c1. The number of carboxylic acids is 1. The second-order valence-corrected chi connectivity index (χ2v) is 7.90. The third kappa shape index (κ3) is 9.04. The number of nitrogens with one attached hydrogen (secondary N) is 1. The van der Waals surface area contributed by atoms with Gasteiger partial charge < -0.3 is 24.8 Å². The van der Waals surface area contributed by atoms with Crippen molar-refractivity contribution in [2.24, 2.45) is 0 Å². The van der Waals surface area contributed by atoms with Crippen LogP contribution in [-0.2, 0) is 25.7 Å². The van der Waals surface area contributed by atoms with Crippen molar-refractivity contribution in [2.75, 3.05) is 38.3 Å². The van der Waals surface area contributed by atoms with E-state index in [-0.39, 0.29) is 18.9 Å². The smallest absolute Gasteiger partial charge is 0.322 e. The highest BCUT2D eigenvalue weighted by atomic mass is 35.5. The number of benzene rings is 2. The monoisotopic (exact) mass is 482 g/mol. The van der Waals surface area contributed by atoms with Crippen molar-refractivity contribution in [1.82, 2.24) is 5.32 Å². The molecule has 174 valence electrons. The first-order valence-corrected chi connectivity index (χ1v) is 11.0. The Bertz CT molecular complexity index is 867. The maximum atomic E-state index is 12.2. The molecule has 0 bridgehead atoms. The van der Waals surface area contributed by atoms with Gasteiger partial charge in [0.2, 0.25) is 0 Å². The molecule has 0 saturated heterocycles. The normalized spacial score (nSPS) is 11.7. The summed E-state index contributed by atoms with van der Waals surface area (Å²) in [6.07, 6.45) is 0.412. The minimum absolute atomic E-state index is 0.0337. The predicted octanol–water partition coefficient (Wildman–Crippen LogP) is 4.01. The molecule has 7 nitrogen and oxygen atoms in total. The molecule has 2 N–H and O–H groups in total. The van der Waals surface area contributed by atoms with Crippen LogP contribution in [0.25, 0.3) is 0 Å². The van der Waals surface area contributed by atoms with Gasteiger partial charge in [-0.1, -0.05) is 53.5 Å². The number of halogens is 2. The number of carbonyl (C=O) groups is 2. The van der Waals surface area contributed by atoms with Crippen LogP contribution in [-0.4, -0.2) is 56.4 Å². The maximum Gasteiger partial charge on any atom is 0.322 e. The Morgan fingerprint density at radius 1 is 1.09 bits per heavy atom. The molecule has 2 rings (SSSR count). The summed E-state index contributed by atoms with van der Waals surface area (Å²) in [6, 6.07) is 14.4. The zero-order valence-electron chi connectivity index (χ0n) is 17.9. The van der Waals surface area contributed by atoms with Gasteiger partial charge in [-0.3, -0.25) is 9.59 Å². The first kappa shape index (κ1) is 25.9. The third-order valence-electron chi connectivity index (χ3n) is 4.78. The van der Waals surface area contributed by atoms with Gasteiger partial charge in [-0.05, 0) is 30.2 Å². The lowest BCUT2D eigenvalue weighted by atomic mass is 10.2. The fraction of sp³-hybridized carbons (Fsp3) is 0.391. The van der Waals surface area contributed by atoms with Gasteiger partial charge in [0, 0.05) is 31.9 Å². The molecule has 0 aromatic heterocycles. The number of methoxy groups -OCH3 is 1. The molecule has 9 heteroatoms. The second-order valence-electron chi connectivity index (χ2n) is 7.09. The van der Waals surface area contributed by atoms with E-state index in [4.69, 9.17) is 37.8 Å². The van der Waals surface area contributed by atoms with Gasteiger partial charge >= 0.3 is 11.9 Å². The molecule has 2 aromatic rings. The van der Waals surface area contributed by atoms with Gasteiger partial charge in [0.1, 0.15) is 6.04 Å². The summed E-state index contributed by atoms with van der Waals surface area (Å²) >= 11 is 12.1. The molecular weight excluding hydrogens is 455 g/mol. The van der Waals surface area contributed by atoms with Crippen LogP contribution in [0.5, 0.6) is 0 Å². The van der Waals surface area contributed by atoms with Crippen LogP contribution in [0.1, 0.15) is 18.4 Å². The Morgan fingerprint density at radius 2 is 1.84 bits per heavy atom. The van der Waals surface area contributed by atoms with Crippen LogP contribution < -0.4 is 10.2 Å². The quantitative estimate of drug-likeness (QED) is 0.310. The van der Waals surface area contributed by atoms with Crippen molar-refractivity contribution >= 4 is 40.8 Å². The number of esters is 1. The van der Waals surface area contributed by atoms with Crippen molar-refractivity contribution < 1.29 is 24.2 Å². The van der Waals surface area contributed by atoms with Crippen LogP contribution in [0.2, 0.25) is 10.0 Å². The molecule has 32 heavy (non-hydrogen) atoms. The zero-order valence-corrected chi connectivity index (χ0v) is 19.4. The number of carboxylic acid groups (broad SMARTS) is 1. The van der Waals surface area contributed by atoms with Crippen molar-refractivity contribution in [2.45, 2.75) is 25.5 Å². The van der Waals surface area contributed by atoms with Crippen LogP contribution in [0.4, 0.5) is 5.69 Å². The van der Waals surface area contributed by atoms with E-state index in [9.17, 15) is 9.59 Å². The molecule has 0 amide bonds. The largest absolute Gasteiger partial charge is 0.481 e. The first-order chi connectivity index (χ1) is 15.4. The van der Waals surface area contributed by atoms with Gasteiger partial charge in [-0.2, -0.15) is 0 Å². The summed E-state index contributed by atoms with van der Waals surface area (Å²) in [6.45, 7) is 2.03.